The topological polar surface area (TPSA) is 99.9 Å². The molecule has 1 aliphatic heterocycles. The van der Waals surface area contributed by atoms with Crippen LogP contribution >= 0.6 is 0 Å². The van der Waals surface area contributed by atoms with Crippen molar-refractivity contribution < 1.29 is 22.7 Å². The molecule has 0 unspecified atom stereocenters. The molecule has 2 aromatic carbocycles. The molecule has 9 heteroatoms. The van der Waals surface area contributed by atoms with Gasteiger partial charge in [-0.1, -0.05) is 0 Å². The van der Waals surface area contributed by atoms with Crippen molar-refractivity contribution in [2.24, 2.45) is 0 Å². The zero-order chi connectivity index (χ0) is 21.6. The highest BCUT2D eigenvalue weighted by molar-refractivity contribution is 7.89. The standard InChI is InChI=1S/C21H23N3O5S/c1-28-18-4-6-19(7-5-18)29-15-10-21(25)23-11-13-24(14-12-23)30(26,27)20-8-2-17(16-22)3-9-20/h2-9H,10-15H2,1H3. The summed E-state index contributed by atoms with van der Waals surface area (Å²) in [5, 5.41) is 8.85. The Labute approximate surface area is 176 Å². The molecule has 0 aliphatic carbocycles. The molecule has 0 radical (unpaired) electrons. The molecule has 8 nitrogen and oxygen atoms in total. The fourth-order valence-electron chi connectivity index (χ4n) is 3.11. The Bertz CT molecular complexity index is 1010. The molecule has 0 spiro atoms. The molecule has 0 bridgehead atoms. The van der Waals surface area contributed by atoms with Gasteiger partial charge in [0, 0.05) is 26.2 Å². The molecular weight excluding hydrogens is 406 g/mol. The van der Waals surface area contributed by atoms with Crippen molar-refractivity contribution in [1.82, 2.24) is 9.21 Å². The van der Waals surface area contributed by atoms with E-state index < -0.39 is 10.0 Å². The van der Waals surface area contributed by atoms with Crippen molar-refractivity contribution in [2.75, 3.05) is 39.9 Å². The number of nitrogens with zero attached hydrogens (tertiary/aromatic N) is 3. The van der Waals surface area contributed by atoms with Crippen molar-refractivity contribution in [3.05, 3.63) is 54.1 Å². The Balaban J connectivity index is 1.48. The zero-order valence-corrected chi connectivity index (χ0v) is 17.5. The Hall–Kier alpha value is -3.09. The van der Waals surface area contributed by atoms with E-state index >= 15 is 0 Å². The van der Waals surface area contributed by atoms with Gasteiger partial charge in [0.25, 0.3) is 0 Å². The predicted octanol–water partition coefficient (Wildman–Crippen LogP) is 1.87. The second-order valence-corrected chi connectivity index (χ2v) is 8.63. The Morgan fingerprint density at radius 2 is 1.60 bits per heavy atom. The number of rotatable bonds is 7. The maximum absolute atomic E-state index is 12.7. The Morgan fingerprint density at radius 3 is 2.17 bits per heavy atom. The molecule has 1 amide bonds. The number of ether oxygens (including phenoxy) is 2. The first kappa shape index (κ1) is 21.6. The van der Waals surface area contributed by atoms with Gasteiger partial charge in [0.1, 0.15) is 11.5 Å². The van der Waals surface area contributed by atoms with E-state index in [0.29, 0.717) is 24.4 Å². The highest BCUT2D eigenvalue weighted by Crippen LogP contribution is 2.19. The van der Waals surface area contributed by atoms with E-state index in [1.54, 1.807) is 36.3 Å². The van der Waals surface area contributed by atoms with Crippen molar-refractivity contribution in [2.45, 2.75) is 11.3 Å². The third kappa shape index (κ3) is 5.09. The first-order valence-corrected chi connectivity index (χ1v) is 10.9. The van der Waals surface area contributed by atoms with Crippen LogP contribution in [0.5, 0.6) is 11.5 Å². The van der Waals surface area contributed by atoms with Gasteiger partial charge in [-0.2, -0.15) is 9.57 Å². The second-order valence-electron chi connectivity index (χ2n) is 6.70. The quantitative estimate of drug-likeness (QED) is 0.666. The smallest absolute Gasteiger partial charge is 0.243 e. The van der Waals surface area contributed by atoms with E-state index in [1.165, 1.54) is 28.6 Å². The zero-order valence-electron chi connectivity index (χ0n) is 16.7. The summed E-state index contributed by atoms with van der Waals surface area (Å²) in [5.74, 6) is 1.31. The van der Waals surface area contributed by atoms with E-state index in [0.717, 1.165) is 5.75 Å². The number of amides is 1. The van der Waals surface area contributed by atoms with E-state index in [9.17, 15) is 13.2 Å². The number of sulfonamides is 1. The summed E-state index contributed by atoms with van der Waals surface area (Å²) < 4.78 is 37.5. The third-order valence-corrected chi connectivity index (χ3v) is 6.77. The van der Waals surface area contributed by atoms with Crippen molar-refractivity contribution >= 4 is 15.9 Å². The highest BCUT2D eigenvalue weighted by atomic mass is 32.2. The SMILES string of the molecule is COc1ccc(OCCC(=O)N2CCN(S(=O)(=O)c3ccc(C#N)cc3)CC2)cc1. The van der Waals surface area contributed by atoms with Crippen LogP contribution in [0.4, 0.5) is 0 Å². The lowest BCUT2D eigenvalue weighted by atomic mass is 10.2. The lowest BCUT2D eigenvalue weighted by molar-refractivity contribution is -0.132. The van der Waals surface area contributed by atoms with E-state index in [-0.39, 0.29) is 36.9 Å². The minimum Gasteiger partial charge on any atom is -0.497 e. The first-order chi connectivity index (χ1) is 14.4. The lowest BCUT2D eigenvalue weighted by Crippen LogP contribution is -2.50. The van der Waals surface area contributed by atoms with Crippen molar-refractivity contribution in [3.63, 3.8) is 0 Å². The Kier molecular flexibility index (Phi) is 6.92. The van der Waals surface area contributed by atoms with Gasteiger partial charge in [0.05, 0.1) is 36.7 Å². The molecule has 0 N–H and O–H groups in total. The largest absolute Gasteiger partial charge is 0.497 e. The molecule has 1 heterocycles. The molecule has 1 fully saturated rings. The van der Waals surface area contributed by atoms with Gasteiger partial charge in [-0.15, -0.1) is 0 Å². The summed E-state index contributed by atoms with van der Waals surface area (Å²) in [6, 6.07) is 14.9. The predicted molar refractivity (Wildman–Crippen MR) is 110 cm³/mol. The number of benzene rings is 2. The average molecular weight is 429 g/mol. The minimum absolute atomic E-state index is 0.0704. The van der Waals surface area contributed by atoms with Crippen LogP contribution in [0, 0.1) is 11.3 Å². The number of methoxy groups -OCH3 is 1. The van der Waals surface area contributed by atoms with E-state index in [2.05, 4.69) is 0 Å². The van der Waals surface area contributed by atoms with Crippen LogP contribution in [-0.4, -0.2) is 63.4 Å². The molecule has 0 saturated carbocycles. The Morgan fingerprint density at radius 1 is 1.00 bits per heavy atom. The number of hydrogen-bond donors (Lipinski definition) is 0. The van der Waals surface area contributed by atoms with Gasteiger partial charge in [-0.3, -0.25) is 4.79 Å². The van der Waals surface area contributed by atoms with Gasteiger partial charge >= 0.3 is 0 Å². The lowest BCUT2D eigenvalue weighted by Gasteiger charge is -2.34. The first-order valence-electron chi connectivity index (χ1n) is 9.49. The summed E-state index contributed by atoms with van der Waals surface area (Å²) in [4.78, 5) is 14.2. The van der Waals surface area contributed by atoms with Gasteiger partial charge in [0.2, 0.25) is 15.9 Å². The van der Waals surface area contributed by atoms with Crippen LogP contribution in [0.1, 0.15) is 12.0 Å². The van der Waals surface area contributed by atoms with Crippen molar-refractivity contribution in [3.8, 4) is 17.6 Å². The van der Waals surface area contributed by atoms with Crippen LogP contribution in [-0.2, 0) is 14.8 Å². The van der Waals surface area contributed by atoms with Crippen molar-refractivity contribution in [1.29, 1.82) is 5.26 Å². The molecule has 1 aliphatic rings. The monoisotopic (exact) mass is 429 g/mol. The summed E-state index contributed by atoms with van der Waals surface area (Å²) in [5.41, 5.74) is 0.404. The van der Waals surface area contributed by atoms with Gasteiger partial charge in [-0.25, -0.2) is 8.42 Å². The number of carbonyl (C=O) groups excluding carboxylic acids is 1. The van der Waals surface area contributed by atoms with Gasteiger partial charge in [0.15, 0.2) is 0 Å². The van der Waals surface area contributed by atoms with Crippen LogP contribution in [0.3, 0.4) is 0 Å². The minimum atomic E-state index is -3.64. The highest BCUT2D eigenvalue weighted by Gasteiger charge is 2.29. The molecule has 1 saturated heterocycles. The molecule has 0 aromatic heterocycles. The number of hydrogen-bond acceptors (Lipinski definition) is 6. The maximum Gasteiger partial charge on any atom is 0.243 e. The van der Waals surface area contributed by atoms with E-state index in [1.807, 2.05) is 6.07 Å². The number of nitriles is 1. The fourth-order valence-corrected chi connectivity index (χ4v) is 4.54. The maximum atomic E-state index is 12.7. The molecule has 30 heavy (non-hydrogen) atoms. The van der Waals surface area contributed by atoms with Crippen LogP contribution in [0.15, 0.2) is 53.4 Å². The molecule has 2 aromatic rings. The summed E-state index contributed by atoms with van der Waals surface area (Å²) in [6.45, 7) is 1.36. The summed E-state index contributed by atoms with van der Waals surface area (Å²) >= 11 is 0. The van der Waals surface area contributed by atoms with Gasteiger partial charge in [-0.05, 0) is 48.5 Å². The molecule has 0 atom stereocenters. The van der Waals surface area contributed by atoms with Crippen LogP contribution < -0.4 is 9.47 Å². The van der Waals surface area contributed by atoms with Crippen LogP contribution in [0.25, 0.3) is 0 Å². The number of carbonyl (C=O) groups is 1. The molecule has 3 rings (SSSR count). The van der Waals surface area contributed by atoms with Gasteiger partial charge < -0.3 is 14.4 Å². The molecule has 158 valence electrons. The molecular formula is C21H23N3O5S. The second kappa shape index (κ2) is 9.61. The average Bonchev–Trinajstić information content (AvgIpc) is 2.79. The normalized spacial score (nSPS) is 14.7. The summed E-state index contributed by atoms with van der Waals surface area (Å²) in [6.07, 6.45) is 0.217. The van der Waals surface area contributed by atoms with Crippen LogP contribution in [0.2, 0.25) is 0 Å². The third-order valence-electron chi connectivity index (χ3n) is 4.86. The number of piperazine rings is 1. The fraction of sp³-hybridized carbons (Fsp3) is 0.333. The summed E-state index contributed by atoms with van der Waals surface area (Å²) in [7, 11) is -2.06. The van der Waals surface area contributed by atoms with E-state index in [4.69, 9.17) is 14.7 Å².